The van der Waals surface area contributed by atoms with Crippen molar-refractivity contribution >= 4 is 38.0 Å². The van der Waals surface area contributed by atoms with Gasteiger partial charge in [0.2, 0.25) is 0 Å². The van der Waals surface area contributed by atoms with E-state index < -0.39 is 11.7 Å². The number of nitrogens with zero attached hydrogens (tertiary/aromatic N) is 1. The largest absolute Gasteiger partial charge is 0.493 e. The van der Waals surface area contributed by atoms with Crippen molar-refractivity contribution in [3.05, 3.63) is 33.3 Å². The summed E-state index contributed by atoms with van der Waals surface area (Å²) >= 11 is 6.94. The lowest BCUT2D eigenvalue weighted by atomic mass is 10.1. The first-order valence-corrected chi connectivity index (χ1v) is 8.78. The predicted octanol–water partition coefficient (Wildman–Crippen LogP) is 5.48. The standard InChI is InChI=1S/C17H19Br2NO4/c1-17(2,3)24-16(21)20-9-10(18)6-13(20)11-7-14(22-4)15(23-5)8-12(11)19/h6-9H,1-5H3. The van der Waals surface area contributed by atoms with Crippen molar-refractivity contribution in [2.24, 2.45) is 0 Å². The minimum absolute atomic E-state index is 0.454. The molecule has 2 aromatic rings. The van der Waals surface area contributed by atoms with Gasteiger partial charge in [-0.1, -0.05) is 0 Å². The Morgan fingerprint density at radius 3 is 2.17 bits per heavy atom. The van der Waals surface area contributed by atoms with Crippen LogP contribution in [0, 0.1) is 0 Å². The van der Waals surface area contributed by atoms with Crippen LogP contribution < -0.4 is 9.47 Å². The second-order valence-electron chi connectivity index (χ2n) is 6.08. The van der Waals surface area contributed by atoms with Crippen LogP contribution in [0.5, 0.6) is 11.5 Å². The molecule has 7 heteroatoms. The van der Waals surface area contributed by atoms with E-state index in [-0.39, 0.29) is 0 Å². The first-order valence-electron chi connectivity index (χ1n) is 7.19. The van der Waals surface area contributed by atoms with E-state index in [4.69, 9.17) is 14.2 Å². The molecule has 24 heavy (non-hydrogen) atoms. The average molecular weight is 461 g/mol. The molecule has 1 aromatic heterocycles. The third-order valence-electron chi connectivity index (χ3n) is 3.13. The quantitative estimate of drug-likeness (QED) is 0.608. The Bertz CT molecular complexity index is 763. The molecule has 0 saturated heterocycles. The molecule has 1 aromatic carbocycles. The number of methoxy groups -OCH3 is 2. The van der Waals surface area contributed by atoms with Crippen LogP contribution in [0.4, 0.5) is 4.79 Å². The molecule has 0 amide bonds. The highest BCUT2D eigenvalue weighted by atomic mass is 79.9. The zero-order valence-electron chi connectivity index (χ0n) is 14.1. The molecule has 1 heterocycles. The third kappa shape index (κ3) is 4.13. The summed E-state index contributed by atoms with van der Waals surface area (Å²) in [4.78, 5) is 12.5. The van der Waals surface area contributed by atoms with E-state index in [1.807, 2.05) is 32.9 Å². The Morgan fingerprint density at radius 2 is 1.62 bits per heavy atom. The Labute approximate surface area is 158 Å². The van der Waals surface area contributed by atoms with Gasteiger partial charge in [0.25, 0.3) is 0 Å². The molecule has 0 saturated carbocycles. The number of ether oxygens (including phenoxy) is 3. The van der Waals surface area contributed by atoms with Gasteiger partial charge in [-0.15, -0.1) is 0 Å². The fourth-order valence-corrected chi connectivity index (χ4v) is 3.10. The first-order chi connectivity index (χ1) is 11.2. The zero-order chi connectivity index (χ0) is 18.1. The molecule has 0 aliphatic heterocycles. The van der Waals surface area contributed by atoms with Crippen LogP contribution >= 0.6 is 31.9 Å². The lowest BCUT2D eigenvalue weighted by Gasteiger charge is -2.21. The van der Waals surface area contributed by atoms with Crippen molar-refractivity contribution in [3.8, 4) is 22.8 Å². The summed E-state index contributed by atoms with van der Waals surface area (Å²) < 4.78 is 19.1. The highest BCUT2D eigenvalue weighted by molar-refractivity contribution is 9.10. The number of carbonyl (C=O) groups is 1. The molecule has 2 rings (SSSR count). The SMILES string of the molecule is COc1cc(Br)c(-c2cc(Br)cn2C(=O)OC(C)(C)C)cc1OC. The van der Waals surface area contributed by atoms with E-state index in [9.17, 15) is 4.79 Å². The molecule has 0 atom stereocenters. The molecular formula is C17H19Br2NO4. The number of benzene rings is 1. The minimum Gasteiger partial charge on any atom is -0.493 e. The van der Waals surface area contributed by atoms with Crippen LogP contribution in [0.25, 0.3) is 11.3 Å². The summed E-state index contributed by atoms with van der Waals surface area (Å²) in [6.45, 7) is 5.49. The number of hydrogen-bond acceptors (Lipinski definition) is 4. The normalized spacial score (nSPS) is 11.3. The fraction of sp³-hybridized carbons (Fsp3) is 0.353. The van der Waals surface area contributed by atoms with E-state index in [0.29, 0.717) is 17.2 Å². The van der Waals surface area contributed by atoms with Crippen LogP contribution in [-0.2, 0) is 4.74 Å². The van der Waals surface area contributed by atoms with E-state index in [2.05, 4.69) is 31.9 Å². The molecule has 130 valence electrons. The van der Waals surface area contributed by atoms with Gasteiger partial charge in [0, 0.05) is 20.7 Å². The van der Waals surface area contributed by atoms with Gasteiger partial charge in [0.05, 0.1) is 19.9 Å². The van der Waals surface area contributed by atoms with E-state index >= 15 is 0 Å². The second-order valence-corrected chi connectivity index (χ2v) is 7.85. The second kappa shape index (κ2) is 7.19. The van der Waals surface area contributed by atoms with Gasteiger partial charge in [-0.25, -0.2) is 4.79 Å². The van der Waals surface area contributed by atoms with Gasteiger partial charge in [-0.3, -0.25) is 4.57 Å². The Balaban J connectivity index is 2.56. The zero-order valence-corrected chi connectivity index (χ0v) is 17.3. The molecular weight excluding hydrogens is 442 g/mol. The minimum atomic E-state index is -0.583. The molecule has 0 radical (unpaired) electrons. The molecule has 5 nitrogen and oxygen atoms in total. The van der Waals surface area contributed by atoms with Crippen molar-refractivity contribution in [3.63, 3.8) is 0 Å². The van der Waals surface area contributed by atoms with E-state index in [1.54, 1.807) is 26.5 Å². The summed E-state index contributed by atoms with van der Waals surface area (Å²) in [7, 11) is 3.14. The Morgan fingerprint density at radius 1 is 1.04 bits per heavy atom. The molecule has 0 unspecified atom stereocenters. The lowest BCUT2D eigenvalue weighted by molar-refractivity contribution is 0.0540. The van der Waals surface area contributed by atoms with Gasteiger partial charge < -0.3 is 14.2 Å². The van der Waals surface area contributed by atoms with Crippen molar-refractivity contribution in [2.45, 2.75) is 26.4 Å². The summed E-state index contributed by atoms with van der Waals surface area (Å²) in [6.07, 6.45) is 1.22. The maximum absolute atomic E-state index is 12.5. The maximum Gasteiger partial charge on any atom is 0.419 e. The monoisotopic (exact) mass is 459 g/mol. The number of hydrogen-bond donors (Lipinski definition) is 0. The molecule has 0 fully saturated rings. The Kier molecular flexibility index (Phi) is 5.65. The van der Waals surface area contributed by atoms with Crippen molar-refractivity contribution < 1.29 is 19.0 Å². The van der Waals surface area contributed by atoms with Gasteiger partial charge in [-0.05, 0) is 70.8 Å². The predicted molar refractivity (Wildman–Crippen MR) is 100 cm³/mol. The van der Waals surface area contributed by atoms with Crippen LogP contribution in [0.2, 0.25) is 0 Å². The van der Waals surface area contributed by atoms with Gasteiger partial charge in [0.1, 0.15) is 5.60 Å². The van der Waals surface area contributed by atoms with Gasteiger partial charge >= 0.3 is 6.09 Å². The molecule has 0 N–H and O–H groups in total. The molecule has 0 bridgehead atoms. The van der Waals surface area contributed by atoms with Crippen molar-refractivity contribution in [1.82, 2.24) is 4.57 Å². The molecule has 0 aliphatic carbocycles. The maximum atomic E-state index is 12.5. The number of carbonyl (C=O) groups excluding carboxylic acids is 1. The van der Waals surface area contributed by atoms with Crippen LogP contribution in [0.3, 0.4) is 0 Å². The van der Waals surface area contributed by atoms with Crippen molar-refractivity contribution in [1.29, 1.82) is 0 Å². The number of rotatable bonds is 3. The summed E-state index contributed by atoms with van der Waals surface area (Å²) in [6, 6.07) is 5.45. The third-order valence-corrected chi connectivity index (χ3v) is 4.22. The van der Waals surface area contributed by atoms with Crippen LogP contribution in [0.15, 0.2) is 33.3 Å². The number of aromatic nitrogens is 1. The van der Waals surface area contributed by atoms with Crippen LogP contribution in [0.1, 0.15) is 20.8 Å². The number of halogens is 2. The summed E-state index contributed by atoms with van der Waals surface area (Å²) in [5, 5.41) is 0. The van der Waals surface area contributed by atoms with Gasteiger partial charge in [-0.2, -0.15) is 0 Å². The van der Waals surface area contributed by atoms with Crippen LogP contribution in [-0.4, -0.2) is 30.5 Å². The van der Waals surface area contributed by atoms with Gasteiger partial charge in [0.15, 0.2) is 11.5 Å². The van der Waals surface area contributed by atoms with E-state index in [0.717, 1.165) is 14.5 Å². The highest BCUT2D eigenvalue weighted by Gasteiger charge is 2.22. The smallest absolute Gasteiger partial charge is 0.419 e. The fourth-order valence-electron chi connectivity index (χ4n) is 2.15. The highest BCUT2D eigenvalue weighted by Crippen LogP contribution is 2.39. The Hall–Kier alpha value is -1.47. The average Bonchev–Trinajstić information content (AvgIpc) is 2.87. The topological polar surface area (TPSA) is 49.7 Å². The lowest BCUT2D eigenvalue weighted by Crippen LogP contribution is -2.27. The summed E-state index contributed by atoms with van der Waals surface area (Å²) in [5.41, 5.74) is 0.869. The summed E-state index contributed by atoms with van der Waals surface area (Å²) in [5.74, 6) is 1.17. The van der Waals surface area contributed by atoms with E-state index in [1.165, 1.54) is 4.57 Å². The molecule has 0 spiro atoms. The molecule has 0 aliphatic rings. The first kappa shape index (κ1) is 18.9. The van der Waals surface area contributed by atoms with Crippen molar-refractivity contribution in [2.75, 3.05) is 14.2 Å².